The predicted molar refractivity (Wildman–Crippen MR) is 144 cm³/mol. The summed E-state index contributed by atoms with van der Waals surface area (Å²) in [7, 11) is 0. The van der Waals surface area contributed by atoms with Crippen molar-refractivity contribution in [3.8, 4) is 0 Å². The van der Waals surface area contributed by atoms with E-state index < -0.39 is 0 Å². The van der Waals surface area contributed by atoms with Gasteiger partial charge in [0.15, 0.2) is 11.2 Å². The Balaban J connectivity index is 1.56. The van der Waals surface area contributed by atoms with Gasteiger partial charge in [-0.15, -0.1) is 11.8 Å². The summed E-state index contributed by atoms with van der Waals surface area (Å²) in [5.74, 6) is 0.0541. The van der Waals surface area contributed by atoms with Crippen LogP contribution < -0.4 is 11.3 Å². The van der Waals surface area contributed by atoms with Crippen molar-refractivity contribution in [1.29, 1.82) is 0 Å². The number of thioether (sulfide) groups is 1. The molecule has 4 aromatic rings. The molecule has 35 heavy (non-hydrogen) atoms. The van der Waals surface area contributed by atoms with Crippen molar-refractivity contribution < 1.29 is 0 Å². The van der Waals surface area contributed by atoms with Crippen LogP contribution >= 0.6 is 11.8 Å². The molecule has 0 amide bonds. The van der Waals surface area contributed by atoms with E-state index in [-0.39, 0.29) is 27.5 Å². The molecular weight excluding hydrogens is 454 g/mol. The largest absolute Gasteiger partial charge is 0.369 e. The highest BCUT2D eigenvalue weighted by molar-refractivity contribution is 8.00. The fourth-order valence-electron chi connectivity index (χ4n) is 4.60. The highest BCUT2D eigenvalue weighted by Crippen LogP contribution is 2.55. The summed E-state index contributed by atoms with van der Waals surface area (Å²) in [6.07, 6.45) is 6.93. The van der Waals surface area contributed by atoms with E-state index in [1.165, 1.54) is 47.9 Å². The lowest BCUT2D eigenvalue weighted by molar-refractivity contribution is 0.794. The molecule has 0 fully saturated rings. The third-order valence-corrected chi connectivity index (χ3v) is 8.12. The van der Waals surface area contributed by atoms with Crippen molar-refractivity contribution in [1.82, 2.24) is 19.9 Å². The smallest absolute Gasteiger partial charge is 0.280 e. The molecule has 5 rings (SSSR count). The summed E-state index contributed by atoms with van der Waals surface area (Å²) in [6.45, 7) is 4.43. The zero-order chi connectivity index (χ0) is 24.4. The topological polar surface area (TPSA) is 97.5 Å². The zero-order valence-corrected chi connectivity index (χ0v) is 21.1. The first kappa shape index (κ1) is 23.5. The van der Waals surface area contributed by atoms with Gasteiger partial charge in [0.1, 0.15) is 0 Å². The molecule has 6 nitrogen and oxygen atoms in total. The maximum absolute atomic E-state index is 12.6. The van der Waals surface area contributed by atoms with Gasteiger partial charge in [-0.1, -0.05) is 75.2 Å². The fraction of sp³-hybridized carbons (Fsp3) is 0.357. The quantitative estimate of drug-likeness (QED) is 0.322. The number of nitrogens with one attached hydrogen (secondary N) is 1. The average molecular weight is 486 g/mol. The standard InChI is InChI=1S/C28H31N5OS/c1-3-5-7-17-9-13-19(14-10-17)24-21-22(31-26-23(30-21)27(34)33-28(29)32-26)25(35-24)20-15-11-18(12-16-20)8-6-4-2/h9-16,24-25H,3-8H2,1-2H3,(H3,29,31,32,33,34). The monoisotopic (exact) mass is 485 g/mol. The molecule has 3 N–H and O–H groups in total. The van der Waals surface area contributed by atoms with Gasteiger partial charge in [-0.2, -0.15) is 4.98 Å². The molecule has 7 heteroatoms. The minimum Gasteiger partial charge on any atom is -0.369 e. The summed E-state index contributed by atoms with van der Waals surface area (Å²) in [5, 5.41) is -0.00180. The molecule has 1 aliphatic heterocycles. The van der Waals surface area contributed by atoms with Crippen LogP contribution in [0, 0.1) is 0 Å². The van der Waals surface area contributed by atoms with Gasteiger partial charge in [-0.3, -0.25) is 9.78 Å². The molecule has 3 heterocycles. The first-order valence-electron chi connectivity index (χ1n) is 12.5. The Labute approximate surface area is 209 Å². The van der Waals surface area contributed by atoms with E-state index in [2.05, 4.69) is 72.3 Å². The minimum absolute atomic E-state index is 0.00852. The van der Waals surface area contributed by atoms with E-state index in [0.717, 1.165) is 24.2 Å². The van der Waals surface area contributed by atoms with Crippen molar-refractivity contribution in [3.63, 3.8) is 0 Å². The predicted octanol–water partition coefficient (Wildman–Crippen LogP) is 5.91. The molecule has 0 bridgehead atoms. The van der Waals surface area contributed by atoms with Crippen LogP contribution in [0.15, 0.2) is 53.3 Å². The summed E-state index contributed by atoms with van der Waals surface area (Å²) < 4.78 is 0. The molecule has 2 aromatic carbocycles. The zero-order valence-electron chi connectivity index (χ0n) is 20.3. The van der Waals surface area contributed by atoms with Gasteiger partial charge in [0.25, 0.3) is 5.56 Å². The molecule has 0 spiro atoms. The van der Waals surface area contributed by atoms with Gasteiger partial charge in [0.05, 0.1) is 21.9 Å². The Morgan fingerprint density at radius 3 is 1.83 bits per heavy atom. The highest BCUT2D eigenvalue weighted by Gasteiger charge is 2.37. The van der Waals surface area contributed by atoms with Gasteiger partial charge in [0.2, 0.25) is 5.95 Å². The van der Waals surface area contributed by atoms with Gasteiger partial charge < -0.3 is 5.73 Å². The van der Waals surface area contributed by atoms with Crippen molar-refractivity contribution in [2.45, 2.75) is 62.9 Å². The molecule has 0 radical (unpaired) electrons. The fourth-order valence-corrected chi connectivity index (χ4v) is 6.11. The number of aryl methyl sites for hydroxylation is 2. The summed E-state index contributed by atoms with van der Waals surface area (Å²) in [4.78, 5) is 29.1. The average Bonchev–Trinajstić information content (AvgIpc) is 3.24. The Morgan fingerprint density at radius 1 is 0.800 bits per heavy atom. The van der Waals surface area contributed by atoms with Crippen LogP contribution in [0.5, 0.6) is 0 Å². The van der Waals surface area contributed by atoms with Crippen LogP contribution in [0.4, 0.5) is 5.95 Å². The van der Waals surface area contributed by atoms with Gasteiger partial charge in [0, 0.05) is 0 Å². The molecule has 2 unspecified atom stereocenters. The van der Waals surface area contributed by atoms with E-state index in [0.29, 0.717) is 5.65 Å². The molecule has 0 aliphatic carbocycles. The molecule has 0 saturated heterocycles. The van der Waals surface area contributed by atoms with Crippen molar-refractivity contribution in [2.24, 2.45) is 0 Å². The number of nitrogens with two attached hydrogens (primary N) is 1. The number of anilines is 1. The minimum atomic E-state index is -0.356. The van der Waals surface area contributed by atoms with Crippen LogP contribution in [0.2, 0.25) is 0 Å². The van der Waals surface area contributed by atoms with Gasteiger partial charge in [-0.05, 0) is 47.9 Å². The maximum Gasteiger partial charge on any atom is 0.280 e. The lowest BCUT2D eigenvalue weighted by Gasteiger charge is -2.13. The van der Waals surface area contributed by atoms with Crippen LogP contribution in [-0.2, 0) is 12.8 Å². The van der Waals surface area contributed by atoms with Gasteiger partial charge >= 0.3 is 0 Å². The number of hydrogen-bond donors (Lipinski definition) is 2. The molecule has 180 valence electrons. The Morgan fingerprint density at radius 2 is 1.31 bits per heavy atom. The lowest BCUT2D eigenvalue weighted by atomic mass is 10.00. The van der Waals surface area contributed by atoms with Crippen LogP contribution in [0.25, 0.3) is 11.2 Å². The molecule has 2 aromatic heterocycles. The number of rotatable bonds is 8. The highest BCUT2D eigenvalue weighted by atomic mass is 32.2. The maximum atomic E-state index is 12.6. The summed E-state index contributed by atoms with van der Waals surface area (Å²) in [5.41, 5.74) is 12.7. The number of fused-ring (bicyclic) bond motifs is 2. The number of benzene rings is 2. The number of H-pyrrole nitrogens is 1. The number of aromatic amines is 1. The number of nitrogen functional groups attached to an aromatic ring is 1. The van der Waals surface area contributed by atoms with Crippen LogP contribution in [0.1, 0.15) is 83.7 Å². The Bertz CT molecular complexity index is 1380. The molecule has 1 aliphatic rings. The third-order valence-electron chi connectivity index (χ3n) is 6.59. The number of unbranched alkanes of at least 4 members (excludes halogenated alkanes) is 2. The van der Waals surface area contributed by atoms with E-state index in [9.17, 15) is 4.79 Å². The summed E-state index contributed by atoms with van der Waals surface area (Å²) in [6, 6.07) is 17.7. The van der Waals surface area contributed by atoms with E-state index in [1.54, 1.807) is 0 Å². The third kappa shape index (κ3) is 4.82. The van der Waals surface area contributed by atoms with Crippen LogP contribution in [-0.4, -0.2) is 19.9 Å². The number of hydrogen-bond acceptors (Lipinski definition) is 6. The Hall–Kier alpha value is -3.19. The Kier molecular flexibility index (Phi) is 6.86. The second-order valence-corrected chi connectivity index (χ2v) is 10.4. The van der Waals surface area contributed by atoms with Crippen molar-refractivity contribution in [3.05, 3.63) is 92.5 Å². The van der Waals surface area contributed by atoms with Crippen molar-refractivity contribution in [2.75, 3.05) is 5.73 Å². The molecular formula is C28H31N5OS. The SMILES string of the molecule is CCCCc1ccc(C2SC(c3ccc(CCCC)cc3)c3nc4c(=O)[nH]c(N)nc4nc32)cc1. The normalized spacial score (nSPS) is 17.1. The number of aromatic nitrogens is 4. The van der Waals surface area contributed by atoms with Crippen molar-refractivity contribution >= 4 is 28.9 Å². The lowest BCUT2D eigenvalue weighted by Crippen LogP contribution is -2.15. The number of nitrogens with zero attached hydrogens (tertiary/aromatic N) is 3. The molecule has 0 saturated carbocycles. The second-order valence-electron chi connectivity index (χ2n) is 9.20. The van der Waals surface area contributed by atoms with E-state index in [4.69, 9.17) is 15.7 Å². The first-order chi connectivity index (χ1) is 17.1. The van der Waals surface area contributed by atoms with E-state index >= 15 is 0 Å². The second kappa shape index (κ2) is 10.2. The summed E-state index contributed by atoms with van der Waals surface area (Å²) >= 11 is 1.82. The van der Waals surface area contributed by atoms with Gasteiger partial charge in [-0.25, -0.2) is 9.97 Å². The first-order valence-corrected chi connectivity index (χ1v) is 13.4. The van der Waals surface area contributed by atoms with E-state index in [1.807, 2.05) is 11.8 Å². The molecule has 2 atom stereocenters. The van der Waals surface area contributed by atoms with Crippen LogP contribution in [0.3, 0.4) is 0 Å².